The van der Waals surface area contributed by atoms with Gasteiger partial charge in [0.25, 0.3) is 5.91 Å². The number of carbonyl (C=O) groups excluding carboxylic acids is 1. The van der Waals surface area contributed by atoms with Crippen LogP contribution >= 0.6 is 0 Å². The Balaban J connectivity index is 1.43. The van der Waals surface area contributed by atoms with Crippen molar-refractivity contribution in [3.63, 3.8) is 0 Å². The molecule has 1 fully saturated rings. The number of H-pyrrole nitrogens is 1. The van der Waals surface area contributed by atoms with Crippen LogP contribution in [0.4, 0.5) is 5.69 Å². The summed E-state index contributed by atoms with van der Waals surface area (Å²) in [6.07, 6.45) is 7.08. The summed E-state index contributed by atoms with van der Waals surface area (Å²) < 4.78 is 12.8. The summed E-state index contributed by atoms with van der Waals surface area (Å²) in [5, 5.41) is 8.16. The normalized spacial score (nSPS) is 17.3. The second-order valence-electron chi connectivity index (χ2n) is 6.53. The first kappa shape index (κ1) is 16.7. The number of benzene rings is 1. The van der Waals surface area contributed by atoms with Crippen LogP contribution in [0.3, 0.4) is 0 Å². The number of hydrogen-bond acceptors (Lipinski definition) is 4. The Bertz CT molecular complexity index is 909. The van der Waals surface area contributed by atoms with Crippen molar-refractivity contribution in [2.45, 2.75) is 31.9 Å². The van der Waals surface area contributed by atoms with E-state index in [0.29, 0.717) is 17.9 Å². The Morgan fingerprint density at radius 3 is 3.15 bits per heavy atom. The van der Waals surface area contributed by atoms with Gasteiger partial charge in [0.05, 0.1) is 31.6 Å². The number of ether oxygens (including phenoxy) is 2. The predicted molar refractivity (Wildman–Crippen MR) is 98.6 cm³/mol. The molecule has 1 saturated heterocycles. The average Bonchev–Trinajstić information content (AvgIpc) is 3.28. The molecule has 2 aromatic heterocycles. The molecule has 1 aromatic carbocycles. The minimum atomic E-state index is -0.200. The number of amides is 1. The number of nitrogens with one attached hydrogen (secondary N) is 2. The van der Waals surface area contributed by atoms with Crippen LogP contribution in [0.15, 0.2) is 36.7 Å². The van der Waals surface area contributed by atoms with Crippen LogP contribution in [0.5, 0.6) is 5.75 Å². The number of aromatic nitrogens is 3. The Labute approximate surface area is 151 Å². The first-order valence-corrected chi connectivity index (χ1v) is 8.83. The molecule has 3 aromatic rings. The zero-order chi connectivity index (χ0) is 17.9. The molecule has 7 heteroatoms. The van der Waals surface area contributed by atoms with E-state index in [9.17, 15) is 4.79 Å². The lowest BCUT2D eigenvalue weighted by Gasteiger charge is -2.22. The van der Waals surface area contributed by atoms with Crippen LogP contribution < -0.4 is 10.1 Å². The van der Waals surface area contributed by atoms with Crippen molar-refractivity contribution in [3.8, 4) is 5.75 Å². The molecular formula is C19H22N4O3. The first-order chi connectivity index (χ1) is 12.7. The zero-order valence-corrected chi connectivity index (χ0v) is 14.7. The van der Waals surface area contributed by atoms with E-state index in [1.54, 1.807) is 13.3 Å². The minimum absolute atomic E-state index is 0.200. The van der Waals surface area contributed by atoms with Crippen molar-refractivity contribution < 1.29 is 14.3 Å². The third-order valence-corrected chi connectivity index (χ3v) is 4.63. The Morgan fingerprint density at radius 1 is 1.42 bits per heavy atom. The van der Waals surface area contributed by atoms with Crippen LogP contribution in [0.25, 0.3) is 10.9 Å². The summed E-state index contributed by atoms with van der Waals surface area (Å²) in [5.41, 5.74) is 2.03. The summed E-state index contributed by atoms with van der Waals surface area (Å²) in [6, 6.07) is 7.48. The SMILES string of the molecule is COc1ccc2cc(C(=O)Nc3cnn(CC4CCCCO4)c3)[nH]c2c1. The van der Waals surface area contributed by atoms with Crippen LogP contribution in [0.1, 0.15) is 29.8 Å². The summed E-state index contributed by atoms with van der Waals surface area (Å²) in [7, 11) is 1.62. The highest BCUT2D eigenvalue weighted by molar-refractivity contribution is 6.05. The molecule has 1 amide bonds. The van der Waals surface area contributed by atoms with E-state index in [4.69, 9.17) is 9.47 Å². The molecule has 26 heavy (non-hydrogen) atoms. The fraction of sp³-hybridized carbons (Fsp3) is 0.368. The molecule has 0 saturated carbocycles. The van der Waals surface area contributed by atoms with E-state index in [1.165, 1.54) is 6.42 Å². The lowest BCUT2D eigenvalue weighted by Crippen LogP contribution is -2.24. The number of hydrogen-bond donors (Lipinski definition) is 2. The molecular weight excluding hydrogens is 332 g/mol. The van der Waals surface area contributed by atoms with Crippen molar-refractivity contribution in [1.29, 1.82) is 0 Å². The first-order valence-electron chi connectivity index (χ1n) is 8.83. The largest absolute Gasteiger partial charge is 0.497 e. The molecule has 0 bridgehead atoms. The highest BCUT2D eigenvalue weighted by Gasteiger charge is 2.16. The smallest absolute Gasteiger partial charge is 0.272 e. The highest BCUT2D eigenvalue weighted by Crippen LogP contribution is 2.22. The Morgan fingerprint density at radius 2 is 2.35 bits per heavy atom. The predicted octanol–water partition coefficient (Wildman–Crippen LogP) is 3.19. The van der Waals surface area contributed by atoms with Crippen LogP contribution in [0.2, 0.25) is 0 Å². The monoisotopic (exact) mass is 354 g/mol. The van der Waals surface area contributed by atoms with E-state index < -0.39 is 0 Å². The number of carbonyl (C=O) groups is 1. The molecule has 7 nitrogen and oxygen atoms in total. The fourth-order valence-corrected chi connectivity index (χ4v) is 3.24. The second-order valence-corrected chi connectivity index (χ2v) is 6.53. The van der Waals surface area contributed by atoms with Crippen LogP contribution in [0, 0.1) is 0 Å². The summed E-state index contributed by atoms with van der Waals surface area (Å²) in [5.74, 6) is 0.547. The maximum Gasteiger partial charge on any atom is 0.272 e. The van der Waals surface area contributed by atoms with Gasteiger partial charge in [0.15, 0.2) is 0 Å². The molecule has 4 rings (SSSR count). The highest BCUT2D eigenvalue weighted by atomic mass is 16.5. The van der Waals surface area contributed by atoms with Gasteiger partial charge in [-0.05, 0) is 37.5 Å². The van der Waals surface area contributed by atoms with E-state index in [2.05, 4.69) is 15.4 Å². The van der Waals surface area contributed by atoms with Gasteiger partial charge in [-0.1, -0.05) is 0 Å². The van der Waals surface area contributed by atoms with Gasteiger partial charge in [-0.15, -0.1) is 0 Å². The number of nitrogens with zero attached hydrogens (tertiary/aromatic N) is 2. The van der Waals surface area contributed by atoms with Gasteiger partial charge in [-0.25, -0.2) is 0 Å². The lowest BCUT2D eigenvalue weighted by atomic mass is 10.1. The lowest BCUT2D eigenvalue weighted by molar-refractivity contribution is 0.00401. The third-order valence-electron chi connectivity index (χ3n) is 4.63. The fourth-order valence-electron chi connectivity index (χ4n) is 3.24. The maximum absolute atomic E-state index is 12.5. The third kappa shape index (κ3) is 3.57. The maximum atomic E-state index is 12.5. The van der Waals surface area contributed by atoms with Gasteiger partial charge in [0.1, 0.15) is 11.4 Å². The van der Waals surface area contributed by atoms with Gasteiger partial charge in [0.2, 0.25) is 0 Å². The van der Waals surface area contributed by atoms with Crippen molar-refractivity contribution in [2.24, 2.45) is 0 Å². The minimum Gasteiger partial charge on any atom is -0.497 e. The number of rotatable bonds is 5. The zero-order valence-electron chi connectivity index (χ0n) is 14.7. The topological polar surface area (TPSA) is 81.2 Å². The van der Waals surface area contributed by atoms with Gasteiger partial charge < -0.3 is 19.8 Å². The van der Waals surface area contributed by atoms with E-state index in [-0.39, 0.29) is 12.0 Å². The van der Waals surface area contributed by atoms with E-state index in [0.717, 1.165) is 36.1 Å². The van der Waals surface area contributed by atoms with E-state index >= 15 is 0 Å². The standard InChI is InChI=1S/C19H22N4O3/c1-25-15-6-5-13-8-18(22-17(13)9-15)19(24)21-14-10-20-23(11-14)12-16-4-2-3-7-26-16/h5-6,8-11,16,22H,2-4,7,12H2,1H3,(H,21,24). The molecule has 1 aliphatic heterocycles. The van der Waals surface area contributed by atoms with Crippen molar-refractivity contribution in [1.82, 2.24) is 14.8 Å². The average molecular weight is 354 g/mol. The molecule has 0 aliphatic carbocycles. The molecule has 0 spiro atoms. The summed E-state index contributed by atoms with van der Waals surface area (Å²) in [4.78, 5) is 15.6. The Hall–Kier alpha value is -2.80. The van der Waals surface area contributed by atoms with Gasteiger partial charge >= 0.3 is 0 Å². The van der Waals surface area contributed by atoms with Gasteiger partial charge in [-0.3, -0.25) is 9.48 Å². The second kappa shape index (κ2) is 7.21. The summed E-state index contributed by atoms with van der Waals surface area (Å²) >= 11 is 0. The van der Waals surface area contributed by atoms with Gasteiger partial charge in [0, 0.05) is 29.8 Å². The number of anilines is 1. The molecule has 2 N–H and O–H groups in total. The van der Waals surface area contributed by atoms with Crippen molar-refractivity contribution in [2.75, 3.05) is 19.0 Å². The molecule has 136 valence electrons. The van der Waals surface area contributed by atoms with Crippen LogP contribution in [-0.4, -0.2) is 40.5 Å². The quantitative estimate of drug-likeness (QED) is 0.737. The molecule has 0 radical (unpaired) electrons. The molecule has 1 unspecified atom stereocenters. The number of aromatic amines is 1. The van der Waals surface area contributed by atoms with E-state index in [1.807, 2.05) is 35.1 Å². The summed E-state index contributed by atoms with van der Waals surface area (Å²) in [6.45, 7) is 1.53. The van der Waals surface area contributed by atoms with Crippen molar-refractivity contribution >= 4 is 22.5 Å². The molecule has 3 heterocycles. The number of fused-ring (bicyclic) bond motifs is 1. The van der Waals surface area contributed by atoms with Crippen LogP contribution in [-0.2, 0) is 11.3 Å². The molecule has 1 aliphatic rings. The Kier molecular flexibility index (Phi) is 4.62. The number of methoxy groups -OCH3 is 1. The van der Waals surface area contributed by atoms with Crippen molar-refractivity contribution in [3.05, 3.63) is 42.4 Å². The van der Waals surface area contributed by atoms with Gasteiger partial charge in [-0.2, -0.15) is 5.10 Å². The molecule has 1 atom stereocenters.